The van der Waals surface area contributed by atoms with Crippen LogP contribution in [0.5, 0.6) is 11.5 Å². The molecule has 0 aliphatic rings. The van der Waals surface area contributed by atoms with Gasteiger partial charge in [-0.3, -0.25) is 4.31 Å². The van der Waals surface area contributed by atoms with Crippen LogP contribution in [-0.2, 0) is 10.0 Å². The quantitative estimate of drug-likeness (QED) is 0.756. The number of sulfonamides is 1. The zero-order chi connectivity index (χ0) is 17.7. The molecule has 126 valence electrons. The molecule has 0 aromatic heterocycles. The molecular weight excluding hydrogens is 326 g/mol. The maximum atomic E-state index is 13.0. The first-order chi connectivity index (χ1) is 11.4. The normalized spacial score (nSPS) is 10.8. The lowest BCUT2D eigenvalue weighted by Gasteiger charge is -2.24. The van der Waals surface area contributed by atoms with Crippen molar-refractivity contribution in [2.75, 3.05) is 25.1 Å². The smallest absolute Gasteiger partial charge is 0.265 e. The molecule has 6 heteroatoms. The van der Waals surface area contributed by atoms with Crippen LogP contribution in [0.3, 0.4) is 0 Å². The Morgan fingerprint density at radius 1 is 1.08 bits per heavy atom. The number of methoxy groups -OCH3 is 2. The Bertz CT molecular complexity index is 852. The first-order valence-corrected chi connectivity index (χ1v) is 8.63. The molecule has 0 saturated heterocycles. The first kappa shape index (κ1) is 17.7. The van der Waals surface area contributed by atoms with Gasteiger partial charge < -0.3 is 9.47 Å². The predicted molar refractivity (Wildman–Crippen MR) is 94.1 cm³/mol. The summed E-state index contributed by atoms with van der Waals surface area (Å²) in [5, 5.41) is 0. The molecule has 2 aromatic rings. The van der Waals surface area contributed by atoms with Crippen molar-refractivity contribution in [3.63, 3.8) is 0 Å². The van der Waals surface area contributed by atoms with Gasteiger partial charge in [-0.2, -0.15) is 0 Å². The molecular formula is C18H19NO4S. The van der Waals surface area contributed by atoms with E-state index in [9.17, 15) is 8.42 Å². The largest absolute Gasteiger partial charge is 0.497 e. The highest BCUT2D eigenvalue weighted by Gasteiger charge is 2.27. The summed E-state index contributed by atoms with van der Waals surface area (Å²) in [6.45, 7) is 1.76. The van der Waals surface area contributed by atoms with Gasteiger partial charge in [-0.25, -0.2) is 8.42 Å². The Morgan fingerprint density at radius 2 is 1.75 bits per heavy atom. The molecule has 0 saturated carbocycles. The second-order valence-electron chi connectivity index (χ2n) is 5.07. The molecule has 5 nitrogen and oxygen atoms in total. The van der Waals surface area contributed by atoms with Gasteiger partial charge in [0.05, 0.1) is 31.3 Å². The van der Waals surface area contributed by atoms with Gasteiger partial charge in [0.2, 0.25) is 0 Å². The summed E-state index contributed by atoms with van der Waals surface area (Å²) in [6, 6.07) is 11.5. The summed E-state index contributed by atoms with van der Waals surface area (Å²) in [7, 11) is -0.860. The van der Waals surface area contributed by atoms with E-state index in [0.29, 0.717) is 17.2 Å². The van der Waals surface area contributed by atoms with Crippen LogP contribution in [0.15, 0.2) is 47.4 Å². The Labute approximate surface area is 142 Å². The molecule has 0 aliphatic heterocycles. The highest BCUT2D eigenvalue weighted by molar-refractivity contribution is 7.92. The van der Waals surface area contributed by atoms with Crippen LogP contribution in [-0.4, -0.2) is 29.2 Å². The van der Waals surface area contributed by atoms with Crippen molar-refractivity contribution in [2.24, 2.45) is 0 Å². The number of ether oxygens (including phenoxy) is 2. The van der Waals surface area contributed by atoms with Gasteiger partial charge in [-0.15, -0.1) is 6.42 Å². The number of terminal acetylenes is 1. The van der Waals surface area contributed by atoms with E-state index >= 15 is 0 Å². The Hall–Kier alpha value is -2.65. The fourth-order valence-electron chi connectivity index (χ4n) is 2.21. The molecule has 0 bridgehead atoms. The van der Waals surface area contributed by atoms with Crippen molar-refractivity contribution in [3.05, 3.63) is 48.0 Å². The van der Waals surface area contributed by atoms with E-state index in [0.717, 1.165) is 9.87 Å². The van der Waals surface area contributed by atoms with Crippen molar-refractivity contribution in [1.29, 1.82) is 0 Å². The molecule has 0 atom stereocenters. The lowest BCUT2D eigenvalue weighted by molar-refractivity contribution is 0.404. The number of nitrogens with zero attached hydrogens (tertiary/aromatic N) is 1. The summed E-state index contributed by atoms with van der Waals surface area (Å²) < 4.78 is 37.7. The minimum atomic E-state index is -3.84. The molecule has 2 rings (SSSR count). The SMILES string of the molecule is C#CCN(c1cc(OC)ccc1OC)S(=O)(=O)c1ccc(C)cc1. The fraction of sp³-hybridized carbons (Fsp3) is 0.222. The number of rotatable bonds is 6. The summed E-state index contributed by atoms with van der Waals surface area (Å²) in [4.78, 5) is 0.160. The van der Waals surface area contributed by atoms with E-state index in [-0.39, 0.29) is 11.4 Å². The molecule has 0 spiro atoms. The molecule has 0 aliphatic carbocycles. The molecule has 0 amide bonds. The summed E-state index contributed by atoms with van der Waals surface area (Å²) >= 11 is 0. The van der Waals surface area contributed by atoms with Gasteiger partial charge in [0.1, 0.15) is 11.5 Å². The molecule has 0 N–H and O–H groups in total. The minimum Gasteiger partial charge on any atom is -0.497 e. The van der Waals surface area contributed by atoms with Gasteiger partial charge >= 0.3 is 0 Å². The third-order valence-electron chi connectivity index (χ3n) is 3.50. The molecule has 0 fully saturated rings. The van der Waals surface area contributed by atoms with Crippen LogP contribution < -0.4 is 13.8 Å². The van der Waals surface area contributed by atoms with Gasteiger partial charge in [0.15, 0.2) is 0 Å². The van der Waals surface area contributed by atoms with Crippen molar-refractivity contribution in [1.82, 2.24) is 0 Å². The number of hydrogen-bond donors (Lipinski definition) is 0. The van der Waals surface area contributed by atoms with Crippen LogP contribution in [0, 0.1) is 19.3 Å². The number of benzene rings is 2. The van der Waals surface area contributed by atoms with Crippen molar-refractivity contribution in [3.8, 4) is 23.8 Å². The third kappa shape index (κ3) is 3.47. The van der Waals surface area contributed by atoms with E-state index < -0.39 is 10.0 Å². The maximum absolute atomic E-state index is 13.0. The topological polar surface area (TPSA) is 55.8 Å². The highest BCUT2D eigenvalue weighted by Crippen LogP contribution is 2.35. The lowest BCUT2D eigenvalue weighted by atomic mass is 10.2. The monoisotopic (exact) mass is 345 g/mol. The number of anilines is 1. The number of hydrogen-bond acceptors (Lipinski definition) is 4. The van der Waals surface area contributed by atoms with Crippen LogP contribution in [0.1, 0.15) is 5.56 Å². The maximum Gasteiger partial charge on any atom is 0.265 e. The zero-order valence-corrected chi connectivity index (χ0v) is 14.6. The summed E-state index contributed by atoms with van der Waals surface area (Å²) in [5.41, 5.74) is 1.30. The van der Waals surface area contributed by atoms with E-state index in [2.05, 4.69) is 5.92 Å². The average molecular weight is 345 g/mol. The lowest BCUT2D eigenvalue weighted by Crippen LogP contribution is -2.31. The zero-order valence-electron chi connectivity index (χ0n) is 13.8. The molecule has 2 aromatic carbocycles. The van der Waals surface area contributed by atoms with Crippen LogP contribution in [0.4, 0.5) is 5.69 Å². The molecule has 0 unspecified atom stereocenters. The number of aryl methyl sites for hydroxylation is 1. The average Bonchev–Trinajstić information content (AvgIpc) is 2.59. The molecule has 0 heterocycles. The second-order valence-corrected chi connectivity index (χ2v) is 6.93. The Balaban J connectivity index is 2.61. The van der Waals surface area contributed by atoms with Crippen LogP contribution >= 0.6 is 0 Å². The van der Waals surface area contributed by atoms with Crippen LogP contribution in [0.2, 0.25) is 0 Å². The van der Waals surface area contributed by atoms with Crippen molar-refractivity contribution >= 4 is 15.7 Å². The van der Waals surface area contributed by atoms with Gasteiger partial charge in [0, 0.05) is 6.07 Å². The van der Waals surface area contributed by atoms with Gasteiger partial charge in [-0.05, 0) is 31.2 Å². The highest BCUT2D eigenvalue weighted by atomic mass is 32.2. The van der Waals surface area contributed by atoms with E-state index in [1.807, 2.05) is 6.92 Å². The fourth-order valence-corrected chi connectivity index (χ4v) is 3.59. The standard InChI is InChI=1S/C18H19NO4S/c1-5-12-19(17-13-15(22-3)8-11-18(17)23-4)24(20,21)16-9-6-14(2)7-10-16/h1,6-11,13H,12H2,2-4H3. The molecule has 24 heavy (non-hydrogen) atoms. The second kappa shape index (κ2) is 7.28. The van der Waals surface area contributed by atoms with Gasteiger partial charge in [0.25, 0.3) is 10.0 Å². The summed E-state index contributed by atoms with van der Waals surface area (Å²) in [5.74, 6) is 3.29. The van der Waals surface area contributed by atoms with Crippen LogP contribution in [0.25, 0.3) is 0 Å². The van der Waals surface area contributed by atoms with E-state index in [1.165, 1.54) is 14.2 Å². The van der Waals surface area contributed by atoms with E-state index in [4.69, 9.17) is 15.9 Å². The molecule has 0 radical (unpaired) electrons. The van der Waals surface area contributed by atoms with Gasteiger partial charge in [-0.1, -0.05) is 23.6 Å². The van der Waals surface area contributed by atoms with Crippen molar-refractivity contribution < 1.29 is 17.9 Å². The Kier molecular flexibility index (Phi) is 5.37. The minimum absolute atomic E-state index is 0.125. The van der Waals surface area contributed by atoms with E-state index in [1.54, 1.807) is 42.5 Å². The predicted octanol–water partition coefficient (Wildman–Crippen LogP) is 2.84. The first-order valence-electron chi connectivity index (χ1n) is 7.19. The Morgan fingerprint density at radius 3 is 2.29 bits per heavy atom. The third-order valence-corrected chi connectivity index (χ3v) is 5.27. The van der Waals surface area contributed by atoms with Crippen molar-refractivity contribution in [2.45, 2.75) is 11.8 Å². The summed E-state index contributed by atoms with van der Waals surface area (Å²) in [6.07, 6.45) is 5.40.